The van der Waals surface area contributed by atoms with Crippen LogP contribution in [0.15, 0.2) is 72.8 Å². The Morgan fingerprint density at radius 3 is 1.83 bits per heavy atom. The van der Waals surface area contributed by atoms with Gasteiger partial charge in [0.1, 0.15) is 12.1 Å². The lowest BCUT2D eigenvalue weighted by Gasteiger charge is -2.32. The first-order valence-corrected chi connectivity index (χ1v) is 11.6. The van der Waals surface area contributed by atoms with E-state index in [0.29, 0.717) is 22.3 Å². The Kier molecular flexibility index (Phi) is 5.73. The predicted molar refractivity (Wildman–Crippen MR) is 137 cm³/mol. The highest BCUT2D eigenvalue weighted by Crippen LogP contribution is 2.36. The molecule has 4 aromatic rings. The minimum absolute atomic E-state index is 0.0525. The van der Waals surface area contributed by atoms with Crippen LogP contribution in [0.1, 0.15) is 27.6 Å². The van der Waals surface area contributed by atoms with Crippen LogP contribution in [-0.4, -0.2) is 61.1 Å². The van der Waals surface area contributed by atoms with Gasteiger partial charge in [-0.15, -0.1) is 0 Å². The summed E-state index contributed by atoms with van der Waals surface area (Å²) in [6, 6.07) is 22.8. The molecule has 1 aliphatic rings. The monoisotopic (exact) mass is 482 g/mol. The maximum atomic E-state index is 14.0. The normalized spacial score (nSPS) is 17.6. The van der Waals surface area contributed by atoms with E-state index in [2.05, 4.69) is 0 Å². The number of hydroxylamine groups is 2. The minimum atomic E-state index is -1.16. The number of ether oxygens (including phenoxy) is 1. The molecule has 0 aromatic heterocycles. The third kappa shape index (κ3) is 3.69. The molecule has 7 nitrogen and oxygen atoms in total. The van der Waals surface area contributed by atoms with E-state index in [0.717, 1.165) is 26.6 Å². The quantitative estimate of drug-likeness (QED) is 0.395. The number of likely N-dealkylation sites (N-methyl/N-ethyl adjacent to an activating group) is 2. The van der Waals surface area contributed by atoms with Crippen molar-refractivity contribution in [1.82, 2.24) is 9.96 Å². The molecule has 5 rings (SSSR count). The van der Waals surface area contributed by atoms with Gasteiger partial charge in [0.15, 0.2) is 0 Å². The number of benzene rings is 4. The van der Waals surface area contributed by atoms with Crippen molar-refractivity contribution in [1.29, 1.82) is 0 Å². The molecular weight excluding hydrogens is 456 g/mol. The lowest BCUT2D eigenvalue weighted by atomic mass is 9.89. The van der Waals surface area contributed by atoms with Crippen LogP contribution in [0, 0.1) is 0 Å². The Morgan fingerprint density at radius 2 is 1.36 bits per heavy atom. The van der Waals surface area contributed by atoms with Crippen molar-refractivity contribution >= 4 is 39.3 Å². The fourth-order valence-electron chi connectivity index (χ4n) is 4.71. The molecule has 0 saturated carbocycles. The van der Waals surface area contributed by atoms with Crippen molar-refractivity contribution in [3.63, 3.8) is 0 Å². The van der Waals surface area contributed by atoms with Crippen LogP contribution >= 0.6 is 0 Å². The van der Waals surface area contributed by atoms with Crippen molar-refractivity contribution < 1.29 is 24.0 Å². The third-order valence-electron chi connectivity index (χ3n) is 7.03. The topological polar surface area (TPSA) is 76.2 Å². The highest BCUT2D eigenvalue weighted by molar-refractivity contribution is 6.11. The summed E-state index contributed by atoms with van der Waals surface area (Å²) in [4.78, 5) is 46.6. The maximum absolute atomic E-state index is 14.0. The highest BCUT2D eigenvalue weighted by Gasteiger charge is 2.48. The molecule has 0 N–H and O–H groups in total. The van der Waals surface area contributed by atoms with E-state index < -0.39 is 11.5 Å². The Hall–Kier alpha value is -4.23. The van der Waals surface area contributed by atoms with E-state index in [4.69, 9.17) is 9.57 Å². The van der Waals surface area contributed by atoms with E-state index in [-0.39, 0.29) is 18.4 Å². The summed E-state index contributed by atoms with van der Waals surface area (Å²) in [6.07, 6.45) is 0. The molecule has 2 amide bonds. The molecule has 1 saturated heterocycles. The van der Waals surface area contributed by atoms with Crippen LogP contribution in [-0.2, 0) is 14.4 Å². The number of rotatable bonds is 4. The second-order valence-corrected chi connectivity index (χ2v) is 9.20. The second-order valence-electron chi connectivity index (χ2n) is 9.20. The molecule has 36 heavy (non-hydrogen) atoms. The zero-order chi connectivity index (χ0) is 25.6. The van der Waals surface area contributed by atoms with Gasteiger partial charge in [-0.2, -0.15) is 0 Å². The Bertz CT molecular complexity index is 1550. The summed E-state index contributed by atoms with van der Waals surface area (Å²) in [6.45, 7) is 1.74. The number of hydrogen-bond acceptors (Lipinski definition) is 5. The zero-order valence-electron chi connectivity index (χ0n) is 20.6. The van der Waals surface area contributed by atoms with Crippen molar-refractivity contribution in [2.75, 3.05) is 27.8 Å². The van der Waals surface area contributed by atoms with Gasteiger partial charge < -0.3 is 9.64 Å². The molecule has 1 atom stereocenters. The smallest absolute Gasteiger partial charge is 0.338 e. The molecular formula is C29H26N2O5. The molecule has 1 aliphatic heterocycles. The highest BCUT2D eigenvalue weighted by atomic mass is 16.7. The molecule has 4 aromatic carbocycles. The molecule has 0 spiro atoms. The predicted octanol–water partition coefficient (Wildman–Crippen LogP) is 4.68. The van der Waals surface area contributed by atoms with E-state index in [1.165, 1.54) is 19.1 Å². The van der Waals surface area contributed by atoms with E-state index >= 15 is 0 Å². The van der Waals surface area contributed by atoms with Gasteiger partial charge in [-0.3, -0.25) is 14.4 Å². The van der Waals surface area contributed by atoms with E-state index in [1.54, 1.807) is 20.0 Å². The SMILES string of the molecule is COC(=O)c1cc2ccccc2cc1-c1cc2ccccc2cc1C(=O)N(C)C1(C)CON(C)C1=O. The number of hydrogen-bond donors (Lipinski definition) is 0. The summed E-state index contributed by atoms with van der Waals surface area (Å²) in [5, 5.41) is 4.75. The second kappa shape index (κ2) is 8.77. The van der Waals surface area contributed by atoms with Crippen LogP contribution in [0.4, 0.5) is 0 Å². The fourth-order valence-corrected chi connectivity index (χ4v) is 4.71. The Balaban J connectivity index is 1.76. The van der Waals surface area contributed by atoms with Crippen LogP contribution in [0.2, 0.25) is 0 Å². The summed E-state index contributed by atoms with van der Waals surface area (Å²) in [7, 11) is 4.47. The van der Waals surface area contributed by atoms with Gasteiger partial charge in [-0.25, -0.2) is 9.86 Å². The van der Waals surface area contributed by atoms with Crippen molar-refractivity contribution in [2.45, 2.75) is 12.5 Å². The molecule has 1 unspecified atom stereocenters. The van der Waals surface area contributed by atoms with E-state index in [1.807, 2.05) is 66.7 Å². The van der Waals surface area contributed by atoms with Gasteiger partial charge in [0.2, 0.25) is 0 Å². The van der Waals surface area contributed by atoms with Crippen molar-refractivity contribution in [2.24, 2.45) is 0 Å². The average molecular weight is 483 g/mol. The fraction of sp³-hybridized carbons (Fsp3) is 0.207. The van der Waals surface area contributed by atoms with Gasteiger partial charge in [-0.1, -0.05) is 48.5 Å². The molecule has 1 fully saturated rings. The van der Waals surface area contributed by atoms with Crippen LogP contribution in [0.3, 0.4) is 0 Å². The summed E-state index contributed by atoms with van der Waals surface area (Å²) < 4.78 is 5.10. The Morgan fingerprint density at radius 1 is 0.889 bits per heavy atom. The summed E-state index contributed by atoms with van der Waals surface area (Å²) >= 11 is 0. The number of amides is 2. The number of nitrogens with zero attached hydrogens (tertiary/aromatic N) is 2. The van der Waals surface area contributed by atoms with Gasteiger partial charge in [0, 0.05) is 19.7 Å². The van der Waals surface area contributed by atoms with Crippen LogP contribution < -0.4 is 0 Å². The lowest BCUT2D eigenvalue weighted by Crippen LogP contribution is -2.54. The standard InChI is InChI=1S/C29H26N2O5/c1-29(17-36-31(3)28(29)34)30(2)26(32)24-15-20-11-7-5-9-18(20)13-22(24)23-14-19-10-6-8-12-21(19)16-25(23)27(33)35-4/h5-16H,17H2,1-4H3. The largest absolute Gasteiger partial charge is 0.465 e. The first-order chi connectivity index (χ1) is 17.2. The van der Waals surface area contributed by atoms with Crippen molar-refractivity contribution in [3.8, 4) is 11.1 Å². The third-order valence-corrected chi connectivity index (χ3v) is 7.03. The van der Waals surface area contributed by atoms with Crippen LogP contribution in [0.25, 0.3) is 32.7 Å². The Labute approximate surface area is 208 Å². The number of fused-ring (bicyclic) bond motifs is 2. The number of carbonyl (C=O) groups excluding carboxylic acids is 3. The molecule has 7 heteroatoms. The number of carbonyl (C=O) groups is 3. The van der Waals surface area contributed by atoms with E-state index in [9.17, 15) is 14.4 Å². The summed E-state index contributed by atoms with van der Waals surface area (Å²) in [5.74, 6) is -1.15. The van der Waals surface area contributed by atoms with Gasteiger partial charge in [0.25, 0.3) is 11.8 Å². The molecule has 0 radical (unpaired) electrons. The minimum Gasteiger partial charge on any atom is -0.465 e. The molecule has 182 valence electrons. The molecule has 0 bridgehead atoms. The van der Waals surface area contributed by atoms with Gasteiger partial charge in [-0.05, 0) is 63.9 Å². The first kappa shape index (κ1) is 23.5. The van der Waals surface area contributed by atoms with Gasteiger partial charge >= 0.3 is 5.97 Å². The average Bonchev–Trinajstić information content (AvgIpc) is 3.18. The van der Waals surface area contributed by atoms with Gasteiger partial charge in [0.05, 0.1) is 12.7 Å². The number of methoxy groups -OCH3 is 1. The lowest BCUT2D eigenvalue weighted by molar-refractivity contribution is -0.155. The zero-order valence-corrected chi connectivity index (χ0v) is 20.6. The molecule has 1 heterocycles. The van der Waals surface area contributed by atoms with Crippen LogP contribution in [0.5, 0.6) is 0 Å². The number of esters is 1. The summed E-state index contributed by atoms with van der Waals surface area (Å²) in [5.41, 5.74) is 0.734. The van der Waals surface area contributed by atoms with Crippen molar-refractivity contribution in [3.05, 3.63) is 83.9 Å². The maximum Gasteiger partial charge on any atom is 0.338 e. The molecule has 0 aliphatic carbocycles. The first-order valence-electron chi connectivity index (χ1n) is 11.6.